The molecule has 0 radical (unpaired) electrons. The van der Waals surface area contributed by atoms with Crippen LogP contribution in [0.4, 0.5) is 0 Å². The Hall–Kier alpha value is -0.690. The molecule has 0 aliphatic carbocycles. The summed E-state index contributed by atoms with van der Waals surface area (Å²) in [5.74, 6) is -0.0693. The van der Waals surface area contributed by atoms with Crippen molar-refractivity contribution >= 4 is 46.1 Å². The maximum Gasteiger partial charge on any atom is 0.264 e. The largest absolute Gasteiger partial charge is 0.393 e. The van der Waals surface area contributed by atoms with Gasteiger partial charge in [-0.05, 0) is 12.1 Å². The molecule has 1 amide bonds. The molecule has 1 aromatic heterocycles. The second-order valence-corrected chi connectivity index (χ2v) is 5.84. The number of ether oxygens (including phenoxy) is 1. The lowest BCUT2D eigenvalue weighted by Crippen LogP contribution is -2.35. The summed E-state index contributed by atoms with van der Waals surface area (Å²) >= 11 is 11.9. The number of hydrogen-bond acceptors (Lipinski definition) is 4. The Morgan fingerprint density at radius 2 is 2.28 bits per heavy atom. The quantitative estimate of drug-likeness (QED) is 0.784. The van der Waals surface area contributed by atoms with Gasteiger partial charge in [-0.1, -0.05) is 23.8 Å². The third-order valence-electron chi connectivity index (χ3n) is 2.26. The lowest BCUT2D eigenvalue weighted by atomic mass is 10.3. The van der Waals surface area contributed by atoms with E-state index in [0.29, 0.717) is 40.3 Å². The molecule has 4 nitrogen and oxygen atoms in total. The zero-order valence-corrected chi connectivity index (χ0v) is 12.4. The van der Waals surface area contributed by atoms with Crippen LogP contribution in [0.5, 0.6) is 0 Å². The van der Waals surface area contributed by atoms with Crippen LogP contribution >= 0.6 is 35.2 Å². The molecule has 0 atom stereocenters. The number of nitrogens with zero attached hydrogens (tertiary/aromatic N) is 1. The first-order valence-electron chi connectivity index (χ1n) is 5.36. The molecule has 7 heteroatoms. The Labute approximate surface area is 121 Å². The number of hydrogen-bond donors (Lipinski definition) is 1. The van der Waals surface area contributed by atoms with Crippen LogP contribution in [0, 0.1) is 0 Å². The molecule has 0 bridgehead atoms. The van der Waals surface area contributed by atoms with Gasteiger partial charge in [-0.3, -0.25) is 4.79 Å². The number of amides is 1. The van der Waals surface area contributed by atoms with Crippen molar-refractivity contribution < 1.29 is 9.53 Å². The van der Waals surface area contributed by atoms with E-state index >= 15 is 0 Å². The topological polar surface area (TPSA) is 55.6 Å². The van der Waals surface area contributed by atoms with Gasteiger partial charge in [0.15, 0.2) is 0 Å². The Balaban J connectivity index is 2.68. The van der Waals surface area contributed by atoms with E-state index in [9.17, 15) is 4.79 Å². The second kappa shape index (κ2) is 7.68. The third-order valence-corrected chi connectivity index (χ3v) is 3.69. The highest BCUT2D eigenvalue weighted by atomic mass is 35.5. The highest BCUT2D eigenvalue weighted by Crippen LogP contribution is 2.22. The van der Waals surface area contributed by atoms with Gasteiger partial charge in [-0.15, -0.1) is 11.3 Å². The fourth-order valence-electron chi connectivity index (χ4n) is 1.35. The van der Waals surface area contributed by atoms with Crippen LogP contribution < -0.4 is 5.73 Å². The summed E-state index contributed by atoms with van der Waals surface area (Å²) in [7, 11) is 1.60. The lowest BCUT2D eigenvalue weighted by Gasteiger charge is -2.21. The average Bonchev–Trinajstić information content (AvgIpc) is 2.75. The van der Waals surface area contributed by atoms with Crippen LogP contribution in [-0.2, 0) is 4.74 Å². The van der Waals surface area contributed by atoms with Gasteiger partial charge in [-0.25, -0.2) is 0 Å². The first kappa shape index (κ1) is 15.4. The molecule has 0 saturated heterocycles. The minimum absolute atomic E-state index is 0.0693. The highest BCUT2D eigenvalue weighted by Gasteiger charge is 2.17. The second-order valence-electron chi connectivity index (χ2n) is 3.61. The maximum absolute atomic E-state index is 12.2. The van der Waals surface area contributed by atoms with Crippen LogP contribution in [0.1, 0.15) is 16.1 Å². The molecular weight excluding hydrogens is 292 g/mol. The summed E-state index contributed by atoms with van der Waals surface area (Å²) in [4.78, 5) is 14.9. The number of thiophene rings is 1. The van der Waals surface area contributed by atoms with Gasteiger partial charge in [0.05, 0.1) is 20.8 Å². The minimum Gasteiger partial charge on any atom is -0.393 e. The Morgan fingerprint density at radius 1 is 1.56 bits per heavy atom. The third kappa shape index (κ3) is 4.89. The van der Waals surface area contributed by atoms with Crippen molar-refractivity contribution in [3.8, 4) is 0 Å². The maximum atomic E-state index is 12.2. The molecule has 2 N–H and O–H groups in total. The minimum atomic E-state index is -0.0693. The molecule has 0 saturated carbocycles. The van der Waals surface area contributed by atoms with Gasteiger partial charge in [0.2, 0.25) is 0 Å². The van der Waals surface area contributed by atoms with Gasteiger partial charge in [0.25, 0.3) is 5.91 Å². The Bertz CT molecular complexity index is 423. The molecule has 0 aromatic carbocycles. The van der Waals surface area contributed by atoms with Crippen LogP contribution in [0.25, 0.3) is 0 Å². The summed E-state index contributed by atoms with van der Waals surface area (Å²) in [6.45, 7) is 1.47. The van der Waals surface area contributed by atoms with Crippen LogP contribution in [-0.4, -0.2) is 42.6 Å². The summed E-state index contributed by atoms with van der Waals surface area (Å²) < 4.78 is 5.59. The summed E-state index contributed by atoms with van der Waals surface area (Å²) in [5.41, 5.74) is 5.46. The molecule has 100 valence electrons. The van der Waals surface area contributed by atoms with Crippen LogP contribution in [0.2, 0.25) is 4.34 Å². The first-order chi connectivity index (χ1) is 8.54. The van der Waals surface area contributed by atoms with Crippen LogP contribution in [0.15, 0.2) is 12.1 Å². The van der Waals surface area contributed by atoms with E-state index in [4.69, 9.17) is 34.3 Å². The lowest BCUT2D eigenvalue weighted by molar-refractivity contribution is 0.0706. The van der Waals surface area contributed by atoms with E-state index in [1.807, 2.05) is 0 Å². The molecule has 0 fully saturated rings. The molecule has 1 rings (SSSR count). The fourth-order valence-corrected chi connectivity index (χ4v) is 2.45. The molecular formula is C11H15ClN2O2S2. The number of halogens is 1. The first-order valence-corrected chi connectivity index (χ1v) is 6.96. The smallest absolute Gasteiger partial charge is 0.264 e. The van der Waals surface area contributed by atoms with E-state index < -0.39 is 0 Å². The van der Waals surface area contributed by atoms with Gasteiger partial charge in [0, 0.05) is 26.6 Å². The number of carbonyl (C=O) groups excluding carboxylic acids is 1. The molecule has 1 aromatic rings. The number of thiocarbonyl (C=S) groups is 1. The summed E-state index contributed by atoms with van der Waals surface area (Å²) in [6, 6.07) is 3.43. The fraction of sp³-hybridized carbons (Fsp3) is 0.455. The normalized spacial score (nSPS) is 10.3. The number of rotatable bonds is 7. The van der Waals surface area contributed by atoms with Crippen molar-refractivity contribution in [1.29, 1.82) is 0 Å². The molecule has 1 heterocycles. The standard InChI is InChI=1S/C11H15ClN2O2S2/c1-16-7-6-14(5-4-10(13)17)11(15)8-2-3-9(12)18-8/h2-3H,4-7H2,1H3,(H2,13,17). The van der Waals surface area contributed by atoms with Gasteiger partial charge < -0.3 is 15.4 Å². The van der Waals surface area contributed by atoms with Crippen molar-refractivity contribution in [2.75, 3.05) is 26.8 Å². The van der Waals surface area contributed by atoms with E-state index in [2.05, 4.69) is 0 Å². The summed E-state index contributed by atoms with van der Waals surface area (Å²) in [5, 5.41) is 0. The van der Waals surface area contributed by atoms with E-state index in [-0.39, 0.29) is 5.91 Å². The number of methoxy groups -OCH3 is 1. The molecule has 0 aliphatic rings. The Morgan fingerprint density at radius 3 is 2.78 bits per heavy atom. The molecule has 0 aliphatic heterocycles. The van der Waals surface area contributed by atoms with Gasteiger partial charge in [0.1, 0.15) is 0 Å². The van der Waals surface area contributed by atoms with Crippen molar-refractivity contribution in [3.63, 3.8) is 0 Å². The van der Waals surface area contributed by atoms with Crippen molar-refractivity contribution in [2.24, 2.45) is 5.73 Å². The Kier molecular flexibility index (Phi) is 6.56. The zero-order valence-electron chi connectivity index (χ0n) is 10.0. The SMILES string of the molecule is COCCN(CCC(N)=S)C(=O)c1ccc(Cl)s1. The average molecular weight is 307 g/mol. The molecule has 0 unspecified atom stereocenters. The number of carbonyl (C=O) groups is 1. The molecule has 18 heavy (non-hydrogen) atoms. The summed E-state index contributed by atoms with van der Waals surface area (Å²) in [6.07, 6.45) is 0.504. The van der Waals surface area contributed by atoms with E-state index in [1.54, 1.807) is 24.1 Å². The predicted octanol–water partition coefficient (Wildman–Crippen LogP) is 2.17. The highest BCUT2D eigenvalue weighted by molar-refractivity contribution is 7.80. The van der Waals surface area contributed by atoms with Gasteiger partial charge in [-0.2, -0.15) is 0 Å². The van der Waals surface area contributed by atoms with Crippen molar-refractivity contribution in [1.82, 2.24) is 4.90 Å². The van der Waals surface area contributed by atoms with E-state index in [1.165, 1.54) is 11.3 Å². The predicted molar refractivity (Wildman–Crippen MR) is 78.5 cm³/mol. The number of nitrogens with two attached hydrogens (primary N) is 1. The monoisotopic (exact) mass is 306 g/mol. The van der Waals surface area contributed by atoms with Gasteiger partial charge >= 0.3 is 0 Å². The van der Waals surface area contributed by atoms with Crippen LogP contribution in [0.3, 0.4) is 0 Å². The van der Waals surface area contributed by atoms with E-state index in [0.717, 1.165) is 0 Å². The molecule has 0 spiro atoms. The van der Waals surface area contributed by atoms with Crippen molar-refractivity contribution in [3.05, 3.63) is 21.3 Å². The zero-order chi connectivity index (χ0) is 13.5. The van der Waals surface area contributed by atoms with Crippen molar-refractivity contribution in [2.45, 2.75) is 6.42 Å².